The maximum Gasteiger partial charge on any atom is 0.328 e. The molecule has 188 valence electrons. The molecule has 0 fully saturated rings. The molecule has 0 saturated heterocycles. The van der Waals surface area contributed by atoms with Gasteiger partial charge in [0.25, 0.3) is 0 Å². The zero-order chi connectivity index (χ0) is 27.0. The zero-order valence-electron chi connectivity index (χ0n) is 17.3. The minimum atomic E-state index is -1.26. The Morgan fingerprint density at radius 3 is 0.667 bits per heavy atom. The number of aliphatic hydroxyl groups excluding tert-OH is 3. The van der Waals surface area contributed by atoms with Crippen LogP contribution in [0.4, 0.5) is 0 Å². The smallest absolute Gasteiger partial charge is 0.328 e. The van der Waals surface area contributed by atoms with E-state index in [1.807, 2.05) is 6.92 Å². The van der Waals surface area contributed by atoms with Crippen LogP contribution in [0.3, 0.4) is 0 Å². The average Bonchev–Trinajstić information content (AvgIpc) is 2.73. The number of aliphatic hydroxyl groups is 3. The SMILES string of the molecule is CCC(CO)(CO)CO.O=C(O)/C=C\C(=O)O.O=C(O)/C=C\C(=O)O.O=C(O)/C=C\C(=O)O. The van der Waals surface area contributed by atoms with Gasteiger partial charge in [0.1, 0.15) is 0 Å². The van der Waals surface area contributed by atoms with Gasteiger partial charge in [-0.1, -0.05) is 6.92 Å². The molecule has 0 unspecified atom stereocenters. The van der Waals surface area contributed by atoms with Crippen LogP contribution in [0, 0.1) is 5.41 Å². The zero-order valence-corrected chi connectivity index (χ0v) is 17.3. The predicted molar refractivity (Wildman–Crippen MR) is 107 cm³/mol. The molecule has 0 rings (SSSR count). The fourth-order valence-corrected chi connectivity index (χ4v) is 0.913. The number of carboxylic acid groups (broad SMARTS) is 6. The van der Waals surface area contributed by atoms with Crippen LogP contribution in [0.1, 0.15) is 13.3 Å². The molecule has 0 heterocycles. The first-order valence-electron chi connectivity index (χ1n) is 8.37. The van der Waals surface area contributed by atoms with Crippen molar-refractivity contribution in [3.63, 3.8) is 0 Å². The van der Waals surface area contributed by atoms with Gasteiger partial charge in [-0.3, -0.25) is 0 Å². The van der Waals surface area contributed by atoms with E-state index in [9.17, 15) is 28.8 Å². The Hall–Kier alpha value is -4.08. The van der Waals surface area contributed by atoms with E-state index in [0.29, 0.717) is 42.9 Å². The predicted octanol–water partition coefficient (Wildman–Crippen LogP) is -1.50. The second-order valence-corrected chi connectivity index (χ2v) is 5.36. The summed E-state index contributed by atoms with van der Waals surface area (Å²) in [5.41, 5.74) is -0.667. The van der Waals surface area contributed by atoms with E-state index in [1.54, 1.807) is 0 Å². The monoisotopic (exact) mass is 482 g/mol. The lowest BCUT2D eigenvalue weighted by Gasteiger charge is -2.24. The van der Waals surface area contributed by atoms with Crippen LogP contribution >= 0.6 is 0 Å². The summed E-state index contributed by atoms with van der Waals surface area (Å²) in [6.45, 7) is 1.35. The largest absolute Gasteiger partial charge is 0.478 e. The highest BCUT2D eigenvalue weighted by atomic mass is 16.4. The van der Waals surface area contributed by atoms with Gasteiger partial charge >= 0.3 is 35.8 Å². The Bertz CT molecular complexity index is 568. The van der Waals surface area contributed by atoms with Crippen LogP contribution in [0.2, 0.25) is 0 Å². The summed E-state index contributed by atoms with van der Waals surface area (Å²) in [6.07, 6.45) is 3.94. The number of carbonyl (C=O) groups is 6. The lowest BCUT2D eigenvalue weighted by atomic mass is 9.88. The Balaban J connectivity index is -0.000000170. The summed E-state index contributed by atoms with van der Waals surface area (Å²) >= 11 is 0. The van der Waals surface area contributed by atoms with E-state index < -0.39 is 41.2 Å². The van der Waals surface area contributed by atoms with Gasteiger partial charge in [-0.25, -0.2) is 28.8 Å². The van der Waals surface area contributed by atoms with Crippen LogP contribution in [-0.2, 0) is 28.8 Å². The molecule has 15 nitrogen and oxygen atoms in total. The summed E-state index contributed by atoms with van der Waals surface area (Å²) in [7, 11) is 0. The van der Waals surface area contributed by atoms with Crippen molar-refractivity contribution in [1.82, 2.24) is 0 Å². The highest BCUT2D eigenvalue weighted by Crippen LogP contribution is 2.18. The third-order valence-corrected chi connectivity index (χ3v) is 2.86. The molecule has 0 amide bonds. The highest BCUT2D eigenvalue weighted by molar-refractivity contribution is 5.90. The minimum Gasteiger partial charge on any atom is -0.478 e. The summed E-state index contributed by atoms with van der Waals surface area (Å²) in [5, 5.41) is 72.8. The van der Waals surface area contributed by atoms with Gasteiger partial charge in [0.15, 0.2) is 0 Å². The molecule has 0 atom stereocenters. The Morgan fingerprint density at radius 1 is 0.485 bits per heavy atom. The van der Waals surface area contributed by atoms with Crippen molar-refractivity contribution < 1.29 is 74.7 Å². The third kappa shape index (κ3) is 35.7. The van der Waals surface area contributed by atoms with Crippen LogP contribution < -0.4 is 0 Å². The highest BCUT2D eigenvalue weighted by Gasteiger charge is 2.24. The molecule has 0 aliphatic carbocycles. The van der Waals surface area contributed by atoms with E-state index >= 15 is 0 Å². The van der Waals surface area contributed by atoms with E-state index in [2.05, 4.69) is 0 Å². The summed E-state index contributed by atoms with van der Waals surface area (Å²) < 4.78 is 0. The molecule has 0 aromatic heterocycles. The standard InChI is InChI=1S/C6H14O3.3C4H4O4/c1-2-6(3-7,4-8)5-9;3*5-3(6)1-2-4(7)8/h7-9H,2-5H2,1H3;3*1-2H,(H,5,6)(H,7,8)/b;3*2-1-. The van der Waals surface area contributed by atoms with Crippen molar-refractivity contribution in [2.75, 3.05) is 19.8 Å². The van der Waals surface area contributed by atoms with E-state index in [0.717, 1.165) is 0 Å². The molecular formula is C18H26O15. The summed E-state index contributed by atoms with van der Waals surface area (Å²) in [5.74, 6) is -7.54. The average molecular weight is 482 g/mol. The van der Waals surface area contributed by atoms with Crippen molar-refractivity contribution in [3.8, 4) is 0 Å². The van der Waals surface area contributed by atoms with Crippen molar-refractivity contribution in [2.45, 2.75) is 13.3 Å². The van der Waals surface area contributed by atoms with Crippen LogP contribution in [-0.4, -0.2) is 102 Å². The summed E-state index contributed by atoms with van der Waals surface area (Å²) in [6, 6.07) is 0. The fourth-order valence-electron chi connectivity index (χ4n) is 0.913. The molecule has 0 aliphatic rings. The molecule has 0 aromatic rings. The van der Waals surface area contributed by atoms with Gasteiger partial charge in [0, 0.05) is 41.9 Å². The molecule has 0 aliphatic heterocycles. The number of hydrogen-bond donors (Lipinski definition) is 9. The minimum absolute atomic E-state index is 0.156. The first-order valence-corrected chi connectivity index (χ1v) is 8.37. The first-order chi connectivity index (χ1) is 15.1. The molecule has 33 heavy (non-hydrogen) atoms. The number of carboxylic acids is 6. The molecule has 15 heteroatoms. The van der Waals surface area contributed by atoms with Crippen molar-refractivity contribution >= 4 is 35.8 Å². The molecule has 0 radical (unpaired) electrons. The Kier molecular flexibility index (Phi) is 24.9. The van der Waals surface area contributed by atoms with Gasteiger partial charge in [-0.15, -0.1) is 0 Å². The van der Waals surface area contributed by atoms with Gasteiger partial charge in [-0.05, 0) is 6.42 Å². The summed E-state index contributed by atoms with van der Waals surface area (Å²) in [4.78, 5) is 57.3. The van der Waals surface area contributed by atoms with Crippen LogP contribution in [0.25, 0.3) is 0 Å². The molecule has 0 aromatic carbocycles. The molecule has 0 bridgehead atoms. The van der Waals surface area contributed by atoms with Gasteiger partial charge in [0.2, 0.25) is 0 Å². The van der Waals surface area contributed by atoms with Crippen LogP contribution in [0.5, 0.6) is 0 Å². The second kappa shape index (κ2) is 22.6. The van der Waals surface area contributed by atoms with Gasteiger partial charge in [-0.2, -0.15) is 0 Å². The number of hydrogen-bond acceptors (Lipinski definition) is 9. The van der Waals surface area contributed by atoms with E-state index in [1.165, 1.54) is 0 Å². The van der Waals surface area contributed by atoms with Gasteiger partial charge < -0.3 is 46.0 Å². The van der Waals surface area contributed by atoms with Crippen LogP contribution in [0.15, 0.2) is 36.5 Å². The number of aliphatic carboxylic acids is 6. The lowest BCUT2D eigenvalue weighted by Crippen LogP contribution is -2.32. The lowest BCUT2D eigenvalue weighted by molar-refractivity contribution is -0.134. The first kappa shape index (κ1) is 36.3. The van der Waals surface area contributed by atoms with Crippen molar-refractivity contribution in [2.24, 2.45) is 5.41 Å². The van der Waals surface area contributed by atoms with Gasteiger partial charge in [0.05, 0.1) is 19.8 Å². The topological polar surface area (TPSA) is 284 Å². The molecule has 0 saturated carbocycles. The van der Waals surface area contributed by atoms with Crippen molar-refractivity contribution in [3.05, 3.63) is 36.5 Å². The fraction of sp³-hybridized carbons (Fsp3) is 0.333. The maximum absolute atomic E-state index is 9.55. The number of rotatable bonds is 10. The molecular weight excluding hydrogens is 456 g/mol. The second-order valence-electron chi connectivity index (χ2n) is 5.36. The molecule has 0 spiro atoms. The Morgan fingerprint density at radius 2 is 0.636 bits per heavy atom. The normalized spacial score (nSPS) is 10.2. The Labute approximate surface area is 186 Å². The molecule has 9 N–H and O–H groups in total. The maximum atomic E-state index is 9.55. The van der Waals surface area contributed by atoms with Crippen molar-refractivity contribution in [1.29, 1.82) is 0 Å². The third-order valence-electron chi connectivity index (χ3n) is 2.86. The van der Waals surface area contributed by atoms with E-state index in [-0.39, 0.29) is 19.8 Å². The quantitative estimate of drug-likeness (QED) is 0.160. The van der Waals surface area contributed by atoms with E-state index in [4.69, 9.17) is 46.0 Å².